The molecule has 10 heteroatoms. The van der Waals surface area contributed by atoms with Gasteiger partial charge in [-0.1, -0.05) is 42.2 Å². The van der Waals surface area contributed by atoms with Crippen LogP contribution in [0.4, 0.5) is 5.69 Å². The van der Waals surface area contributed by atoms with E-state index in [0.29, 0.717) is 44.4 Å². The summed E-state index contributed by atoms with van der Waals surface area (Å²) in [5.41, 5.74) is 1.43. The fourth-order valence-electron chi connectivity index (χ4n) is 3.35. The first-order valence-electron chi connectivity index (χ1n) is 9.46. The van der Waals surface area contributed by atoms with Crippen molar-refractivity contribution < 1.29 is 23.6 Å². The van der Waals surface area contributed by atoms with Crippen LogP contribution in [0.3, 0.4) is 0 Å². The summed E-state index contributed by atoms with van der Waals surface area (Å²) in [5, 5.41) is 11.0. The van der Waals surface area contributed by atoms with Crippen LogP contribution >= 0.6 is 24.0 Å². The molecule has 0 atom stereocenters. The van der Waals surface area contributed by atoms with Crippen LogP contribution in [0.2, 0.25) is 0 Å². The number of benzene rings is 2. The molecule has 0 unspecified atom stereocenters. The van der Waals surface area contributed by atoms with Gasteiger partial charge >= 0.3 is 0 Å². The molecule has 160 valence electrons. The number of thioether (sulfide) groups is 1. The van der Waals surface area contributed by atoms with Gasteiger partial charge in [-0.3, -0.25) is 19.8 Å². The Kier molecular flexibility index (Phi) is 5.16. The van der Waals surface area contributed by atoms with Crippen LogP contribution in [0.1, 0.15) is 11.3 Å². The van der Waals surface area contributed by atoms with Crippen LogP contribution in [0.5, 0.6) is 11.5 Å². The zero-order valence-electron chi connectivity index (χ0n) is 16.3. The molecular weight excluding hydrogens is 452 g/mol. The van der Waals surface area contributed by atoms with Crippen molar-refractivity contribution in [1.82, 2.24) is 4.90 Å². The van der Waals surface area contributed by atoms with Crippen molar-refractivity contribution in [2.75, 3.05) is 6.79 Å². The second-order valence-corrected chi connectivity index (χ2v) is 8.64. The average molecular weight is 466 g/mol. The Balaban J connectivity index is 1.34. The van der Waals surface area contributed by atoms with E-state index in [0.717, 1.165) is 5.56 Å². The van der Waals surface area contributed by atoms with Gasteiger partial charge in [0, 0.05) is 23.8 Å². The van der Waals surface area contributed by atoms with Crippen molar-refractivity contribution in [3.8, 4) is 22.8 Å². The number of amides is 1. The quantitative estimate of drug-likeness (QED) is 0.225. The van der Waals surface area contributed by atoms with Gasteiger partial charge in [-0.05, 0) is 29.8 Å². The monoisotopic (exact) mass is 466 g/mol. The Morgan fingerprint density at radius 2 is 1.97 bits per heavy atom. The summed E-state index contributed by atoms with van der Waals surface area (Å²) in [7, 11) is 0. The Labute approximate surface area is 191 Å². The molecule has 1 saturated heterocycles. The Hall–Kier alpha value is -3.63. The van der Waals surface area contributed by atoms with Gasteiger partial charge in [-0.15, -0.1) is 0 Å². The minimum absolute atomic E-state index is 0.0233. The highest BCUT2D eigenvalue weighted by molar-refractivity contribution is 8.26. The molecule has 0 bridgehead atoms. The SMILES string of the molecule is O=C1C(=Cc2ccc(-c3cccc([N+](=O)[O-])c3)o2)SC(=S)N1Cc1ccc2c(c1)OCO2. The van der Waals surface area contributed by atoms with Crippen LogP contribution < -0.4 is 9.47 Å². The fraction of sp³-hybridized carbons (Fsp3) is 0.0909. The highest BCUT2D eigenvalue weighted by Gasteiger charge is 2.32. The predicted molar refractivity (Wildman–Crippen MR) is 122 cm³/mol. The minimum atomic E-state index is -0.459. The molecule has 2 aliphatic rings. The first kappa shape index (κ1) is 20.3. The number of fused-ring (bicyclic) bond motifs is 1. The van der Waals surface area contributed by atoms with Gasteiger partial charge in [0.1, 0.15) is 15.8 Å². The van der Waals surface area contributed by atoms with Crippen molar-refractivity contribution in [1.29, 1.82) is 0 Å². The summed E-state index contributed by atoms with van der Waals surface area (Å²) in [6.45, 7) is 0.500. The maximum Gasteiger partial charge on any atom is 0.270 e. The summed E-state index contributed by atoms with van der Waals surface area (Å²) in [6.07, 6.45) is 1.62. The number of hydrogen-bond donors (Lipinski definition) is 0. The van der Waals surface area contributed by atoms with Crippen molar-refractivity contribution >= 4 is 46.0 Å². The topological polar surface area (TPSA) is 95.0 Å². The van der Waals surface area contributed by atoms with Gasteiger partial charge in [0.15, 0.2) is 11.5 Å². The highest BCUT2D eigenvalue weighted by Crippen LogP contribution is 2.37. The standard InChI is InChI=1S/C22H14N2O6S2/c25-21-20(10-16-5-7-17(30-16)14-2-1-3-15(9-14)24(26)27)32-22(31)23(21)11-13-4-6-18-19(8-13)29-12-28-18/h1-10H,11-12H2. The van der Waals surface area contributed by atoms with E-state index in [4.69, 9.17) is 26.1 Å². The third-order valence-electron chi connectivity index (χ3n) is 4.89. The van der Waals surface area contributed by atoms with E-state index in [1.807, 2.05) is 18.2 Å². The molecule has 0 radical (unpaired) electrons. The Bertz CT molecular complexity index is 1300. The van der Waals surface area contributed by atoms with Crippen LogP contribution in [-0.4, -0.2) is 26.8 Å². The van der Waals surface area contributed by atoms with Crippen LogP contribution in [0, 0.1) is 10.1 Å². The Morgan fingerprint density at radius 1 is 1.12 bits per heavy atom. The molecule has 1 aromatic heterocycles. The van der Waals surface area contributed by atoms with Crippen molar-refractivity contribution in [2.24, 2.45) is 0 Å². The van der Waals surface area contributed by atoms with Crippen molar-refractivity contribution in [2.45, 2.75) is 6.54 Å². The van der Waals surface area contributed by atoms with Gasteiger partial charge in [0.25, 0.3) is 11.6 Å². The number of thiocarbonyl (C=S) groups is 1. The van der Waals surface area contributed by atoms with Crippen molar-refractivity contribution in [3.63, 3.8) is 0 Å². The number of carbonyl (C=O) groups is 1. The van der Waals surface area contributed by atoms with E-state index in [2.05, 4.69) is 0 Å². The summed E-state index contributed by atoms with van der Waals surface area (Å²) in [6, 6.07) is 15.1. The van der Waals surface area contributed by atoms with E-state index in [1.165, 1.54) is 28.8 Å². The maximum absolute atomic E-state index is 12.9. The van der Waals surface area contributed by atoms with Gasteiger partial charge in [-0.25, -0.2) is 0 Å². The van der Waals surface area contributed by atoms with E-state index in [9.17, 15) is 14.9 Å². The minimum Gasteiger partial charge on any atom is -0.457 e. The molecule has 1 fully saturated rings. The van der Waals surface area contributed by atoms with Gasteiger partial charge in [-0.2, -0.15) is 0 Å². The molecule has 0 spiro atoms. The molecule has 0 aliphatic carbocycles. The number of carbonyl (C=O) groups excluding carboxylic acids is 1. The summed E-state index contributed by atoms with van der Waals surface area (Å²) < 4.78 is 17.0. The summed E-state index contributed by atoms with van der Waals surface area (Å²) in [5.74, 6) is 2.03. The summed E-state index contributed by atoms with van der Waals surface area (Å²) >= 11 is 6.60. The molecule has 2 aromatic carbocycles. The Morgan fingerprint density at radius 3 is 2.81 bits per heavy atom. The molecule has 32 heavy (non-hydrogen) atoms. The average Bonchev–Trinajstić information content (AvgIpc) is 3.50. The van der Waals surface area contributed by atoms with E-state index in [-0.39, 0.29) is 18.4 Å². The first-order valence-corrected chi connectivity index (χ1v) is 10.7. The van der Waals surface area contributed by atoms with E-state index in [1.54, 1.807) is 30.3 Å². The number of nitro groups is 1. The number of rotatable bonds is 5. The smallest absolute Gasteiger partial charge is 0.270 e. The second-order valence-electron chi connectivity index (χ2n) is 6.96. The fourth-order valence-corrected chi connectivity index (χ4v) is 4.58. The lowest BCUT2D eigenvalue weighted by Gasteiger charge is -2.14. The first-order chi connectivity index (χ1) is 15.5. The second kappa shape index (κ2) is 8.13. The molecule has 3 heterocycles. The number of ether oxygens (including phenoxy) is 2. The number of non-ortho nitro benzene ring substituents is 1. The number of hydrogen-bond acceptors (Lipinski definition) is 8. The van der Waals surface area contributed by atoms with Gasteiger partial charge in [0.2, 0.25) is 6.79 Å². The molecule has 5 rings (SSSR count). The third kappa shape index (κ3) is 3.85. The van der Waals surface area contributed by atoms with Crippen molar-refractivity contribution in [3.05, 3.63) is 80.9 Å². The van der Waals surface area contributed by atoms with E-state index < -0.39 is 4.92 Å². The lowest BCUT2D eigenvalue weighted by molar-refractivity contribution is -0.384. The van der Waals surface area contributed by atoms with Crippen LogP contribution in [0.15, 0.2) is 63.9 Å². The molecule has 3 aromatic rings. The zero-order valence-corrected chi connectivity index (χ0v) is 18.0. The molecule has 2 aliphatic heterocycles. The molecule has 1 amide bonds. The lowest BCUT2D eigenvalue weighted by Crippen LogP contribution is -2.27. The third-order valence-corrected chi connectivity index (χ3v) is 6.27. The van der Waals surface area contributed by atoms with Gasteiger partial charge in [0.05, 0.1) is 16.4 Å². The molecular formula is C22H14N2O6S2. The van der Waals surface area contributed by atoms with Crippen LogP contribution in [-0.2, 0) is 11.3 Å². The summed E-state index contributed by atoms with van der Waals surface area (Å²) in [4.78, 5) is 25.4. The normalized spacial score (nSPS) is 16.2. The van der Waals surface area contributed by atoms with E-state index >= 15 is 0 Å². The molecule has 8 nitrogen and oxygen atoms in total. The lowest BCUT2D eigenvalue weighted by atomic mass is 10.1. The molecule has 0 saturated carbocycles. The highest BCUT2D eigenvalue weighted by atomic mass is 32.2. The van der Waals surface area contributed by atoms with Gasteiger partial charge < -0.3 is 13.9 Å². The maximum atomic E-state index is 12.9. The predicted octanol–water partition coefficient (Wildman–Crippen LogP) is 4.98. The number of nitrogens with zero attached hydrogens (tertiary/aromatic N) is 2. The number of furan rings is 1. The molecule has 0 N–H and O–H groups in total. The largest absolute Gasteiger partial charge is 0.457 e. The zero-order chi connectivity index (χ0) is 22.2. The van der Waals surface area contributed by atoms with Crippen LogP contribution in [0.25, 0.3) is 17.4 Å². The number of nitro benzene ring substituents is 1.